The number of non-ortho nitro benzene ring substituents is 1. The number of hydrogen-bond acceptors (Lipinski definition) is 4. The zero-order valence-electron chi connectivity index (χ0n) is 11.4. The number of nitro benzene ring substituents is 1. The molecule has 0 radical (unpaired) electrons. The van der Waals surface area contributed by atoms with Crippen LogP contribution in [-0.4, -0.2) is 21.9 Å². The molecule has 7 nitrogen and oxygen atoms in total. The molecule has 0 bridgehead atoms. The minimum Gasteiger partial charge on any atom is -0.481 e. The molecule has 8 heteroatoms. The zero-order valence-corrected chi connectivity index (χ0v) is 12.1. The minimum atomic E-state index is -1.05. The molecule has 1 amide bonds. The van der Waals surface area contributed by atoms with Crippen LogP contribution in [0.2, 0.25) is 5.02 Å². The van der Waals surface area contributed by atoms with E-state index in [4.69, 9.17) is 16.7 Å². The first-order valence-corrected chi connectivity index (χ1v) is 6.90. The Kier molecular flexibility index (Phi) is 4.77. The van der Waals surface area contributed by atoms with Crippen LogP contribution in [0.5, 0.6) is 0 Å². The number of anilines is 1. The Labute approximate surface area is 130 Å². The fourth-order valence-corrected chi connectivity index (χ4v) is 2.49. The van der Waals surface area contributed by atoms with Crippen LogP contribution in [0.1, 0.15) is 12.8 Å². The Hall–Kier alpha value is -2.41. The number of amides is 1. The predicted molar refractivity (Wildman–Crippen MR) is 79.7 cm³/mol. The quantitative estimate of drug-likeness (QED) is 0.502. The van der Waals surface area contributed by atoms with Crippen LogP contribution in [0, 0.1) is 22.0 Å². The van der Waals surface area contributed by atoms with E-state index < -0.39 is 28.6 Å². The monoisotopic (exact) mass is 324 g/mol. The average molecular weight is 325 g/mol. The Balaban J connectivity index is 2.21. The lowest BCUT2D eigenvalue weighted by molar-refractivity contribution is -0.384. The van der Waals surface area contributed by atoms with Crippen LogP contribution in [0.3, 0.4) is 0 Å². The summed E-state index contributed by atoms with van der Waals surface area (Å²) >= 11 is 5.92. The maximum atomic E-state index is 12.3. The van der Waals surface area contributed by atoms with Gasteiger partial charge in [-0.25, -0.2) is 0 Å². The van der Waals surface area contributed by atoms with Gasteiger partial charge in [-0.2, -0.15) is 0 Å². The van der Waals surface area contributed by atoms with Crippen molar-refractivity contribution in [3.05, 3.63) is 45.5 Å². The number of halogens is 1. The first-order valence-electron chi connectivity index (χ1n) is 6.52. The normalized spacial score (nSPS) is 20.4. The highest BCUT2D eigenvalue weighted by molar-refractivity contribution is 6.33. The number of allylic oxidation sites excluding steroid dienone is 2. The molecule has 1 aromatic rings. The molecule has 0 aliphatic heterocycles. The molecule has 1 aliphatic rings. The summed E-state index contributed by atoms with van der Waals surface area (Å²) in [5.41, 5.74) is -0.113. The number of nitrogens with one attached hydrogen (secondary N) is 1. The number of benzene rings is 1. The Morgan fingerprint density at radius 2 is 1.91 bits per heavy atom. The molecular formula is C14H13ClN2O5. The molecule has 0 aromatic heterocycles. The Morgan fingerprint density at radius 3 is 2.50 bits per heavy atom. The second-order valence-corrected chi connectivity index (χ2v) is 5.31. The third kappa shape index (κ3) is 3.43. The summed E-state index contributed by atoms with van der Waals surface area (Å²) in [5, 5.41) is 22.6. The van der Waals surface area contributed by atoms with E-state index in [1.54, 1.807) is 12.2 Å². The highest BCUT2D eigenvalue weighted by atomic mass is 35.5. The highest BCUT2D eigenvalue weighted by Crippen LogP contribution is 2.30. The predicted octanol–water partition coefficient (Wildman–Crippen LogP) is 2.85. The molecule has 0 unspecified atom stereocenters. The molecule has 22 heavy (non-hydrogen) atoms. The number of nitrogens with zero attached hydrogens (tertiary/aromatic N) is 1. The van der Waals surface area contributed by atoms with Crippen LogP contribution < -0.4 is 5.32 Å². The van der Waals surface area contributed by atoms with Crippen LogP contribution in [0.15, 0.2) is 30.4 Å². The molecule has 0 saturated heterocycles. The number of carbonyl (C=O) groups is 2. The Morgan fingerprint density at radius 1 is 1.27 bits per heavy atom. The van der Waals surface area contributed by atoms with E-state index in [-0.39, 0.29) is 22.8 Å². The van der Waals surface area contributed by atoms with Crippen LogP contribution in [0.4, 0.5) is 11.4 Å². The summed E-state index contributed by atoms with van der Waals surface area (Å²) in [7, 11) is 0. The molecular weight excluding hydrogens is 312 g/mol. The third-order valence-electron chi connectivity index (χ3n) is 3.51. The summed E-state index contributed by atoms with van der Waals surface area (Å²) in [6.45, 7) is 0. The van der Waals surface area contributed by atoms with Crippen molar-refractivity contribution in [2.45, 2.75) is 12.8 Å². The van der Waals surface area contributed by atoms with Gasteiger partial charge < -0.3 is 10.4 Å². The molecule has 0 saturated carbocycles. The SMILES string of the molecule is O=C(Nc1cc([N+](=O)[O-])ccc1Cl)[C@H]1CC=CC[C@H]1C(=O)O. The summed E-state index contributed by atoms with van der Waals surface area (Å²) in [4.78, 5) is 33.6. The van der Waals surface area contributed by atoms with Gasteiger partial charge in [0.05, 0.1) is 27.5 Å². The summed E-state index contributed by atoms with van der Waals surface area (Å²) in [5.74, 6) is -3.12. The lowest BCUT2D eigenvalue weighted by Gasteiger charge is -2.24. The topological polar surface area (TPSA) is 110 Å². The molecule has 116 valence electrons. The lowest BCUT2D eigenvalue weighted by Crippen LogP contribution is -2.34. The zero-order chi connectivity index (χ0) is 16.3. The van der Waals surface area contributed by atoms with Crippen molar-refractivity contribution in [3.8, 4) is 0 Å². The van der Waals surface area contributed by atoms with E-state index in [0.29, 0.717) is 6.42 Å². The van der Waals surface area contributed by atoms with Gasteiger partial charge in [-0.3, -0.25) is 19.7 Å². The largest absolute Gasteiger partial charge is 0.481 e. The van der Waals surface area contributed by atoms with Gasteiger partial charge in [0, 0.05) is 12.1 Å². The van der Waals surface area contributed by atoms with Crippen molar-refractivity contribution in [2.24, 2.45) is 11.8 Å². The minimum absolute atomic E-state index is 0.0968. The van der Waals surface area contributed by atoms with Gasteiger partial charge in [0.15, 0.2) is 0 Å². The molecule has 0 heterocycles. The number of carboxylic acids is 1. The van der Waals surface area contributed by atoms with Crippen LogP contribution >= 0.6 is 11.6 Å². The van der Waals surface area contributed by atoms with E-state index in [1.165, 1.54) is 12.1 Å². The molecule has 0 spiro atoms. The number of nitro groups is 1. The smallest absolute Gasteiger partial charge is 0.307 e. The fraction of sp³-hybridized carbons (Fsp3) is 0.286. The number of aliphatic carboxylic acids is 1. The molecule has 2 N–H and O–H groups in total. The van der Waals surface area contributed by atoms with E-state index in [1.807, 2.05) is 0 Å². The standard InChI is InChI=1S/C14H13ClN2O5/c15-11-6-5-8(17(21)22)7-12(11)16-13(18)9-3-1-2-4-10(9)14(19)20/h1-2,5-7,9-10H,3-4H2,(H,16,18)(H,19,20)/t9-,10+/m0/s1. The van der Waals surface area contributed by atoms with E-state index >= 15 is 0 Å². The second-order valence-electron chi connectivity index (χ2n) is 4.90. The van der Waals surface area contributed by atoms with Gasteiger partial charge in [0.1, 0.15) is 0 Å². The molecule has 2 atom stereocenters. The van der Waals surface area contributed by atoms with Crippen molar-refractivity contribution in [2.75, 3.05) is 5.32 Å². The van der Waals surface area contributed by atoms with E-state index in [0.717, 1.165) is 6.07 Å². The highest BCUT2D eigenvalue weighted by Gasteiger charge is 2.34. The maximum absolute atomic E-state index is 12.3. The fourth-order valence-electron chi connectivity index (χ4n) is 2.32. The molecule has 1 aliphatic carbocycles. The molecule has 1 aromatic carbocycles. The maximum Gasteiger partial charge on any atom is 0.307 e. The first-order chi connectivity index (χ1) is 10.4. The Bertz CT molecular complexity index is 659. The van der Waals surface area contributed by atoms with Crippen LogP contribution in [-0.2, 0) is 9.59 Å². The number of hydrogen-bond donors (Lipinski definition) is 2. The third-order valence-corrected chi connectivity index (χ3v) is 3.83. The van der Waals surface area contributed by atoms with Crippen molar-refractivity contribution >= 4 is 34.9 Å². The second kappa shape index (κ2) is 6.57. The van der Waals surface area contributed by atoms with Crippen molar-refractivity contribution < 1.29 is 19.6 Å². The van der Waals surface area contributed by atoms with Crippen molar-refractivity contribution in [1.29, 1.82) is 0 Å². The molecule has 2 rings (SSSR count). The number of carbonyl (C=O) groups excluding carboxylic acids is 1. The summed E-state index contributed by atoms with van der Waals surface area (Å²) in [6, 6.07) is 3.68. The number of rotatable bonds is 4. The van der Waals surface area contributed by atoms with E-state index in [9.17, 15) is 19.7 Å². The van der Waals surface area contributed by atoms with Gasteiger partial charge in [0.2, 0.25) is 5.91 Å². The van der Waals surface area contributed by atoms with Gasteiger partial charge in [-0.05, 0) is 18.9 Å². The van der Waals surface area contributed by atoms with Gasteiger partial charge in [0.25, 0.3) is 5.69 Å². The summed E-state index contributed by atoms with van der Waals surface area (Å²) in [6.07, 6.45) is 4.05. The average Bonchev–Trinajstić information content (AvgIpc) is 2.49. The van der Waals surface area contributed by atoms with Gasteiger partial charge >= 0.3 is 5.97 Å². The first kappa shape index (κ1) is 16.0. The number of carboxylic acid groups (broad SMARTS) is 1. The van der Waals surface area contributed by atoms with Crippen molar-refractivity contribution in [3.63, 3.8) is 0 Å². The van der Waals surface area contributed by atoms with Gasteiger partial charge in [-0.15, -0.1) is 0 Å². The van der Waals surface area contributed by atoms with Crippen molar-refractivity contribution in [1.82, 2.24) is 0 Å². The van der Waals surface area contributed by atoms with Crippen LogP contribution in [0.25, 0.3) is 0 Å². The summed E-state index contributed by atoms with van der Waals surface area (Å²) < 4.78 is 0. The lowest BCUT2D eigenvalue weighted by atomic mass is 9.82. The van der Waals surface area contributed by atoms with E-state index in [2.05, 4.69) is 5.32 Å². The van der Waals surface area contributed by atoms with Gasteiger partial charge in [-0.1, -0.05) is 23.8 Å². The molecule has 0 fully saturated rings.